The van der Waals surface area contributed by atoms with Gasteiger partial charge in [0, 0.05) is 24.1 Å². The molecule has 0 saturated carbocycles. The number of nitrogens with zero attached hydrogens (tertiary/aromatic N) is 2. The Labute approximate surface area is 145 Å². The van der Waals surface area contributed by atoms with Crippen LogP contribution in [0.25, 0.3) is 11.5 Å². The van der Waals surface area contributed by atoms with Gasteiger partial charge in [-0.25, -0.2) is 4.98 Å². The van der Waals surface area contributed by atoms with Crippen LogP contribution in [0.15, 0.2) is 29.2 Å². The molecule has 2 atom stereocenters. The standard InChI is InChI=1S/C18H22N4O3/c1-11-13(10-16(23)20-12(2)15-7-5-9-25-15)18(24)22-17(21-11)14-6-3-4-8-19-14/h3-4,6,8,12,15H,5,7,9-10H2,1-2H3,(H,20,23)(H,21,22,24)/t12-,15+/m0/s1. The van der Waals surface area contributed by atoms with Crippen LogP contribution in [-0.2, 0) is 16.0 Å². The van der Waals surface area contributed by atoms with Gasteiger partial charge >= 0.3 is 0 Å². The summed E-state index contributed by atoms with van der Waals surface area (Å²) in [5, 5.41) is 2.91. The molecule has 2 aromatic heterocycles. The number of aryl methyl sites for hydroxylation is 1. The fourth-order valence-corrected chi connectivity index (χ4v) is 3.00. The van der Waals surface area contributed by atoms with Crippen LogP contribution >= 0.6 is 0 Å². The number of hydrogen-bond acceptors (Lipinski definition) is 5. The van der Waals surface area contributed by atoms with Crippen molar-refractivity contribution in [2.45, 2.75) is 45.3 Å². The quantitative estimate of drug-likeness (QED) is 0.855. The zero-order valence-electron chi connectivity index (χ0n) is 14.4. The molecule has 0 unspecified atom stereocenters. The molecule has 0 spiro atoms. The van der Waals surface area contributed by atoms with E-state index in [-0.39, 0.29) is 30.0 Å². The molecular weight excluding hydrogens is 320 g/mol. The Bertz CT molecular complexity index is 798. The van der Waals surface area contributed by atoms with Gasteiger partial charge in [0.05, 0.1) is 18.6 Å². The number of carbonyl (C=O) groups excluding carboxylic acids is 1. The number of amides is 1. The highest BCUT2D eigenvalue weighted by atomic mass is 16.5. The Hall–Kier alpha value is -2.54. The van der Waals surface area contributed by atoms with Crippen LogP contribution in [0.4, 0.5) is 0 Å². The molecule has 25 heavy (non-hydrogen) atoms. The summed E-state index contributed by atoms with van der Waals surface area (Å²) in [5.74, 6) is 0.198. The Kier molecular flexibility index (Phi) is 5.23. The molecule has 1 saturated heterocycles. The van der Waals surface area contributed by atoms with E-state index in [1.165, 1.54) is 0 Å². The summed E-state index contributed by atoms with van der Waals surface area (Å²) in [6.07, 6.45) is 3.64. The minimum absolute atomic E-state index is 0.00623. The normalized spacial score (nSPS) is 18.1. The number of aromatic amines is 1. The number of carbonyl (C=O) groups is 1. The van der Waals surface area contributed by atoms with Crippen LogP contribution in [-0.4, -0.2) is 39.6 Å². The van der Waals surface area contributed by atoms with Gasteiger partial charge in [0.2, 0.25) is 5.91 Å². The summed E-state index contributed by atoms with van der Waals surface area (Å²) in [6.45, 7) is 4.39. The zero-order chi connectivity index (χ0) is 17.8. The first-order chi connectivity index (χ1) is 12.0. The lowest BCUT2D eigenvalue weighted by Gasteiger charge is -2.20. The summed E-state index contributed by atoms with van der Waals surface area (Å²) in [5.41, 5.74) is 1.18. The molecule has 0 aromatic carbocycles. The average Bonchev–Trinajstić information content (AvgIpc) is 3.13. The maximum atomic E-state index is 12.4. The molecule has 1 aliphatic rings. The average molecular weight is 342 g/mol. The van der Waals surface area contributed by atoms with E-state index in [0.29, 0.717) is 22.8 Å². The van der Waals surface area contributed by atoms with Crippen LogP contribution in [0.1, 0.15) is 31.0 Å². The van der Waals surface area contributed by atoms with Gasteiger partial charge in [0.15, 0.2) is 5.82 Å². The summed E-state index contributed by atoms with van der Waals surface area (Å²) < 4.78 is 5.58. The first-order valence-corrected chi connectivity index (χ1v) is 8.47. The van der Waals surface area contributed by atoms with Crippen molar-refractivity contribution >= 4 is 5.91 Å². The van der Waals surface area contributed by atoms with Crippen molar-refractivity contribution in [1.29, 1.82) is 0 Å². The molecule has 7 heteroatoms. The Morgan fingerprint density at radius 3 is 2.96 bits per heavy atom. The van der Waals surface area contributed by atoms with Gasteiger partial charge in [0.25, 0.3) is 5.56 Å². The van der Waals surface area contributed by atoms with Gasteiger partial charge in [-0.2, -0.15) is 0 Å². The molecular formula is C18H22N4O3. The van der Waals surface area contributed by atoms with E-state index in [1.54, 1.807) is 25.3 Å². The lowest BCUT2D eigenvalue weighted by Crippen LogP contribution is -2.42. The van der Waals surface area contributed by atoms with Crippen LogP contribution in [0.2, 0.25) is 0 Å². The number of H-pyrrole nitrogens is 1. The lowest BCUT2D eigenvalue weighted by molar-refractivity contribution is -0.121. The van der Waals surface area contributed by atoms with Crippen LogP contribution in [0.3, 0.4) is 0 Å². The molecule has 0 aliphatic carbocycles. The minimum Gasteiger partial charge on any atom is -0.376 e. The van der Waals surface area contributed by atoms with Crippen LogP contribution < -0.4 is 10.9 Å². The fourth-order valence-electron chi connectivity index (χ4n) is 3.00. The maximum absolute atomic E-state index is 12.4. The molecule has 3 rings (SSSR count). The van der Waals surface area contributed by atoms with E-state index in [9.17, 15) is 9.59 Å². The summed E-state index contributed by atoms with van der Waals surface area (Å²) in [6, 6.07) is 5.32. The number of ether oxygens (including phenoxy) is 1. The number of rotatable bonds is 5. The van der Waals surface area contributed by atoms with Gasteiger partial charge in [0.1, 0.15) is 5.69 Å². The minimum atomic E-state index is -0.312. The van der Waals surface area contributed by atoms with E-state index in [0.717, 1.165) is 19.4 Å². The molecule has 3 heterocycles. The van der Waals surface area contributed by atoms with E-state index < -0.39 is 0 Å². The lowest BCUT2D eigenvalue weighted by atomic mass is 10.1. The highest BCUT2D eigenvalue weighted by Gasteiger charge is 2.24. The van der Waals surface area contributed by atoms with Crippen molar-refractivity contribution < 1.29 is 9.53 Å². The number of aromatic nitrogens is 3. The monoisotopic (exact) mass is 342 g/mol. The highest BCUT2D eigenvalue weighted by Crippen LogP contribution is 2.15. The van der Waals surface area contributed by atoms with Gasteiger partial charge in [-0.1, -0.05) is 6.07 Å². The number of nitrogens with one attached hydrogen (secondary N) is 2. The van der Waals surface area contributed by atoms with Gasteiger partial charge in [-0.05, 0) is 38.8 Å². The first kappa shape index (κ1) is 17.3. The second-order valence-corrected chi connectivity index (χ2v) is 6.28. The van der Waals surface area contributed by atoms with E-state index in [4.69, 9.17) is 4.74 Å². The second kappa shape index (κ2) is 7.57. The predicted octanol–water partition coefficient (Wildman–Crippen LogP) is 1.37. The molecule has 1 fully saturated rings. The fraction of sp³-hybridized carbons (Fsp3) is 0.444. The molecule has 7 nitrogen and oxygen atoms in total. The Balaban J connectivity index is 1.72. The third-order valence-corrected chi connectivity index (χ3v) is 4.38. The molecule has 0 bridgehead atoms. The maximum Gasteiger partial charge on any atom is 0.255 e. The van der Waals surface area contributed by atoms with Crippen molar-refractivity contribution in [3.05, 3.63) is 46.0 Å². The highest BCUT2D eigenvalue weighted by molar-refractivity contribution is 5.79. The van der Waals surface area contributed by atoms with Gasteiger partial charge in [-0.3, -0.25) is 14.6 Å². The third kappa shape index (κ3) is 4.11. The van der Waals surface area contributed by atoms with Crippen LogP contribution in [0.5, 0.6) is 0 Å². The first-order valence-electron chi connectivity index (χ1n) is 8.47. The second-order valence-electron chi connectivity index (χ2n) is 6.28. The summed E-state index contributed by atoms with van der Waals surface area (Å²) >= 11 is 0. The molecule has 132 valence electrons. The van der Waals surface area contributed by atoms with Crippen molar-refractivity contribution in [2.75, 3.05) is 6.61 Å². The third-order valence-electron chi connectivity index (χ3n) is 4.38. The topological polar surface area (TPSA) is 97.0 Å². The summed E-state index contributed by atoms with van der Waals surface area (Å²) in [4.78, 5) is 35.9. The SMILES string of the molecule is Cc1nc(-c2ccccn2)[nH]c(=O)c1CC(=O)N[C@@H](C)[C@H]1CCCO1. The van der Waals surface area contributed by atoms with E-state index in [2.05, 4.69) is 20.3 Å². The number of pyridine rings is 1. The van der Waals surface area contributed by atoms with E-state index >= 15 is 0 Å². The van der Waals surface area contributed by atoms with Crippen molar-refractivity contribution in [3.8, 4) is 11.5 Å². The smallest absolute Gasteiger partial charge is 0.255 e. The molecule has 1 aliphatic heterocycles. The molecule has 1 amide bonds. The zero-order valence-corrected chi connectivity index (χ0v) is 14.4. The van der Waals surface area contributed by atoms with E-state index in [1.807, 2.05) is 13.0 Å². The molecule has 2 aromatic rings. The van der Waals surface area contributed by atoms with Crippen molar-refractivity contribution in [2.24, 2.45) is 0 Å². The van der Waals surface area contributed by atoms with Crippen LogP contribution in [0, 0.1) is 6.92 Å². The molecule has 0 radical (unpaired) electrons. The predicted molar refractivity (Wildman–Crippen MR) is 93.1 cm³/mol. The van der Waals surface area contributed by atoms with Gasteiger partial charge < -0.3 is 15.0 Å². The molecule has 2 N–H and O–H groups in total. The summed E-state index contributed by atoms with van der Waals surface area (Å²) in [7, 11) is 0. The van der Waals surface area contributed by atoms with Gasteiger partial charge in [-0.15, -0.1) is 0 Å². The Morgan fingerprint density at radius 2 is 2.32 bits per heavy atom. The van der Waals surface area contributed by atoms with Crippen molar-refractivity contribution in [1.82, 2.24) is 20.3 Å². The van der Waals surface area contributed by atoms with Crippen molar-refractivity contribution in [3.63, 3.8) is 0 Å². The number of hydrogen-bond donors (Lipinski definition) is 2. The largest absolute Gasteiger partial charge is 0.376 e. The Morgan fingerprint density at radius 1 is 1.48 bits per heavy atom.